The van der Waals surface area contributed by atoms with E-state index < -0.39 is 17.6 Å². The quantitative estimate of drug-likeness (QED) is 0.351. The molecular weight excluding hydrogens is 381 g/mol. The molecule has 1 heterocycles. The van der Waals surface area contributed by atoms with Gasteiger partial charge in [-0.05, 0) is 23.8 Å². The Labute approximate surface area is 173 Å². The smallest absolute Gasteiger partial charge is 0.337 e. The summed E-state index contributed by atoms with van der Waals surface area (Å²) in [4.78, 5) is 12.3. The van der Waals surface area contributed by atoms with Crippen LogP contribution in [0.5, 0.6) is 0 Å². The summed E-state index contributed by atoms with van der Waals surface area (Å²) in [5.41, 5.74) is 3.22. The number of methoxy groups -OCH3 is 1. The fourth-order valence-corrected chi connectivity index (χ4v) is 8.29. The molecular formula is C24H30NO3P. The van der Waals surface area contributed by atoms with E-state index in [2.05, 4.69) is 0 Å². The van der Waals surface area contributed by atoms with Crippen LogP contribution in [-0.4, -0.2) is 27.7 Å². The number of fused-ring (bicyclic) bond motifs is 1. The largest absolute Gasteiger partial charge is 0.465 e. The summed E-state index contributed by atoms with van der Waals surface area (Å²) in [5.74, 6) is -0.383. The highest BCUT2D eigenvalue weighted by atomic mass is 31.2. The Hall–Kier alpha value is -2.32. The third-order valence-electron chi connectivity index (χ3n) is 5.39. The minimum Gasteiger partial charge on any atom is -0.465 e. The fraction of sp³-hybridized carbons (Fsp3) is 0.375. The van der Waals surface area contributed by atoms with Crippen molar-refractivity contribution in [3.8, 4) is 11.1 Å². The number of esters is 1. The lowest BCUT2D eigenvalue weighted by molar-refractivity contribution is 0.0601. The molecule has 0 aliphatic heterocycles. The maximum atomic E-state index is 14.7. The van der Waals surface area contributed by atoms with Crippen molar-refractivity contribution in [2.45, 2.75) is 51.9 Å². The second kappa shape index (κ2) is 7.18. The van der Waals surface area contributed by atoms with E-state index in [4.69, 9.17) is 4.74 Å². The Balaban J connectivity index is 2.46. The molecule has 154 valence electrons. The molecule has 0 atom stereocenters. The first-order valence-corrected chi connectivity index (χ1v) is 11.5. The van der Waals surface area contributed by atoms with Crippen LogP contribution in [0.25, 0.3) is 22.0 Å². The Morgan fingerprint density at radius 1 is 0.931 bits per heavy atom. The summed E-state index contributed by atoms with van der Waals surface area (Å²) in [6, 6.07) is 15.5. The van der Waals surface area contributed by atoms with E-state index in [0.29, 0.717) is 5.56 Å². The lowest BCUT2D eigenvalue weighted by Crippen LogP contribution is -2.32. The van der Waals surface area contributed by atoms with Crippen LogP contribution in [0.4, 0.5) is 0 Å². The van der Waals surface area contributed by atoms with Crippen molar-refractivity contribution >= 4 is 24.2 Å². The Kier molecular flexibility index (Phi) is 5.29. The standard InChI is InChI=1S/C24H30NO3P/c1-23(2,3)29(27,24(4,5)6)25-14-13-18-15-19(22(26)28-7)16-20(21(18)25)17-11-9-8-10-12-17/h8-16H,1-7H3. The van der Waals surface area contributed by atoms with Gasteiger partial charge < -0.3 is 4.74 Å². The van der Waals surface area contributed by atoms with E-state index in [0.717, 1.165) is 22.0 Å². The Morgan fingerprint density at radius 3 is 2.03 bits per heavy atom. The van der Waals surface area contributed by atoms with Crippen molar-refractivity contribution in [1.82, 2.24) is 4.34 Å². The summed E-state index contributed by atoms with van der Waals surface area (Å²) in [6.45, 7) is 12.2. The van der Waals surface area contributed by atoms with Gasteiger partial charge in [0.25, 0.3) is 0 Å². The van der Waals surface area contributed by atoms with Crippen LogP contribution < -0.4 is 0 Å². The van der Waals surface area contributed by atoms with Gasteiger partial charge in [-0.1, -0.05) is 71.9 Å². The highest BCUT2D eigenvalue weighted by Gasteiger charge is 2.48. The minimum atomic E-state index is -2.93. The molecule has 29 heavy (non-hydrogen) atoms. The molecule has 0 bridgehead atoms. The topological polar surface area (TPSA) is 48.3 Å². The number of aromatic nitrogens is 1. The number of carbonyl (C=O) groups excluding carboxylic acids is 1. The van der Waals surface area contributed by atoms with E-state index >= 15 is 0 Å². The van der Waals surface area contributed by atoms with Crippen LogP contribution in [0, 0.1) is 0 Å². The van der Waals surface area contributed by atoms with Gasteiger partial charge >= 0.3 is 5.97 Å². The molecule has 0 N–H and O–H groups in total. The lowest BCUT2D eigenvalue weighted by Gasteiger charge is -2.42. The third-order valence-corrected chi connectivity index (χ3v) is 9.97. The third kappa shape index (κ3) is 3.44. The molecule has 0 fully saturated rings. The molecule has 0 aliphatic carbocycles. The number of benzene rings is 2. The van der Waals surface area contributed by atoms with Crippen molar-refractivity contribution in [3.05, 3.63) is 60.3 Å². The van der Waals surface area contributed by atoms with Gasteiger partial charge in [0.1, 0.15) is 0 Å². The van der Waals surface area contributed by atoms with Gasteiger partial charge in [-0.3, -0.25) is 8.90 Å². The molecule has 3 aromatic rings. The molecule has 0 saturated heterocycles. The number of hydrogen-bond donors (Lipinski definition) is 0. The summed E-state index contributed by atoms with van der Waals surface area (Å²) < 4.78 is 21.6. The van der Waals surface area contributed by atoms with Crippen molar-refractivity contribution < 1.29 is 14.1 Å². The van der Waals surface area contributed by atoms with Crippen LogP contribution in [0.2, 0.25) is 0 Å². The number of ether oxygens (including phenoxy) is 1. The molecule has 2 aromatic carbocycles. The highest BCUT2D eigenvalue weighted by molar-refractivity contribution is 7.65. The van der Waals surface area contributed by atoms with Crippen LogP contribution in [0.3, 0.4) is 0 Å². The normalized spacial score (nSPS) is 12.9. The van der Waals surface area contributed by atoms with Gasteiger partial charge in [-0.25, -0.2) is 4.79 Å². The molecule has 3 rings (SSSR count). The predicted octanol–water partition coefficient (Wildman–Crippen LogP) is 6.82. The number of carbonyl (C=O) groups is 1. The average molecular weight is 411 g/mol. The maximum Gasteiger partial charge on any atom is 0.337 e. The van der Waals surface area contributed by atoms with Crippen LogP contribution in [0.1, 0.15) is 51.9 Å². The first kappa shape index (κ1) is 21.4. The van der Waals surface area contributed by atoms with E-state index in [1.54, 1.807) is 0 Å². The van der Waals surface area contributed by atoms with Gasteiger partial charge in [-0.2, -0.15) is 0 Å². The molecule has 0 aliphatic rings. The molecule has 0 unspecified atom stereocenters. The molecule has 0 radical (unpaired) electrons. The Morgan fingerprint density at radius 2 is 1.52 bits per heavy atom. The zero-order valence-electron chi connectivity index (χ0n) is 18.3. The SMILES string of the molecule is COC(=O)c1cc(-c2ccccc2)c2c(ccn2P(=O)(C(C)(C)C)C(C)(C)C)c1. The maximum absolute atomic E-state index is 14.7. The second-order valence-electron chi connectivity index (χ2n) is 9.40. The Bertz CT molecular complexity index is 1080. The van der Waals surface area contributed by atoms with Gasteiger partial charge in [-0.15, -0.1) is 0 Å². The van der Waals surface area contributed by atoms with E-state index in [9.17, 15) is 9.36 Å². The summed E-state index contributed by atoms with van der Waals surface area (Å²) in [7, 11) is -1.55. The van der Waals surface area contributed by atoms with Gasteiger partial charge in [0.2, 0.25) is 0 Å². The summed E-state index contributed by atoms with van der Waals surface area (Å²) in [6.07, 6.45) is 1.91. The minimum absolute atomic E-state index is 0.383. The first-order chi connectivity index (χ1) is 13.4. The van der Waals surface area contributed by atoms with Gasteiger partial charge in [0.05, 0.1) is 18.2 Å². The fourth-order valence-electron chi connectivity index (χ4n) is 4.23. The van der Waals surface area contributed by atoms with E-state index in [-0.39, 0.29) is 5.97 Å². The van der Waals surface area contributed by atoms with E-state index in [1.165, 1.54) is 7.11 Å². The number of hydrogen-bond acceptors (Lipinski definition) is 3. The first-order valence-electron chi connectivity index (χ1n) is 9.82. The zero-order valence-corrected chi connectivity index (χ0v) is 19.2. The number of rotatable bonds is 3. The lowest BCUT2D eigenvalue weighted by atomic mass is 10.00. The molecule has 4 nitrogen and oxygen atoms in total. The molecule has 5 heteroatoms. The van der Waals surface area contributed by atoms with E-state index in [1.807, 2.05) is 101 Å². The second-order valence-corrected chi connectivity index (χ2v) is 13.7. The average Bonchev–Trinajstić information content (AvgIpc) is 3.09. The van der Waals surface area contributed by atoms with Gasteiger partial charge in [0.15, 0.2) is 7.29 Å². The van der Waals surface area contributed by atoms with Gasteiger partial charge in [0, 0.05) is 27.5 Å². The molecule has 0 saturated carbocycles. The van der Waals surface area contributed by atoms with Crippen molar-refractivity contribution in [2.24, 2.45) is 0 Å². The highest BCUT2D eigenvalue weighted by Crippen LogP contribution is 2.68. The predicted molar refractivity (Wildman–Crippen MR) is 121 cm³/mol. The van der Waals surface area contributed by atoms with Crippen molar-refractivity contribution in [1.29, 1.82) is 0 Å². The molecule has 1 aromatic heterocycles. The molecule has 0 amide bonds. The van der Waals surface area contributed by atoms with Crippen molar-refractivity contribution in [3.63, 3.8) is 0 Å². The van der Waals surface area contributed by atoms with Crippen LogP contribution in [0.15, 0.2) is 54.7 Å². The van der Waals surface area contributed by atoms with Crippen molar-refractivity contribution in [2.75, 3.05) is 7.11 Å². The summed E-state index contributed by atoms with van der Waals surface area (Å²) >= 11 is 0. The monoisotopic (exact) mass is 411 g/mol. The van der Waals surface area contributed by atoms with Crippen LogP contribution >= 0.6 is 7.29 Å². The van der Waals surface area contributed by atoms with Crippen LogP contribution in [-0.2, 0) is 9.30 Å². The summed E-state index contributed by atoms with van der Waals surface area (Å²) in [5, 5.41) is -0.00119. The molecule has 0 spiro atoms. The zero-order chi connectivity index (χ0) is 21.6. The number of nitrogens with zero attached hydrogens (tertiary/aromatic N) is 1.